The van der Waals surface area contributed by atoms with Crippen molar-refractivity contribution < 1.29 is 9.53 Å². The number of aliphatic imine (C=N–C) groups is 1. The minimum Gasteiger partial charge on any atom is -0.404 e. The number of carbonyl (C=O) groups excluding carboxylic acids is 1. The third-order valence-corrected chi connectivity index (χ3v) is 7.51. The Morgan fingerprint density at radius 1 is 1.36 bits per heavy atom. The van der Waals surface area contributed by atoms with Crippen molar-refractivity contribution in [2.24, 2.45) is 10.7 Å². The van der Waals surface area contributed by atoms with Crippen LogP contribution in [0.1, 0.15) is 35.5 Å². The molecule has 0 radical (unpaired) electrons. The van der Waals surface area contributed by atoms with E-state index in [1.807, 2.05) is 17.0 Å². The van der Waals surface area contributed by atoms with Crippen LogP contribution >= 0.6 is 11.3 Å². The normalized spacial score (nSPS) is 19.2. The highest BCUT2D eigenvalue weighted by Gasteiger charge is 2.44. The van der Waals surface area contributed by atoms with Gasteiger partial charge in [0.15, 0.2) is 0 Å². The number of hydrogen-bond donors (Lipinski definition) is 2. The highest BCUT2D eigenvalue weighted by atomic mass is 32.1. The van der Waals surface area contributed by atoms with Gasteiger partial charge in [-0.1, -0.05) is 0 Å². The van der Waals surface area contributed by atoms with E-state index in [1.165, 1.54) is 6.20 Å². The first-order chi connectivity index (χ1) is 15.9. The van der Waals surface area contributed by atoms with E-state index >= 15 is 0 Å². The lowest BCUT2D eigenvalue weighted by molar-refractivity contribution is 0.0585. The third-order valence-electron chi connectivity index (χ3n) is 6.04. The van der Waals surface area contributed by atoms with E-state index in [-0.39, 0.29) is 11.4 Å². The van der Waals surface area contributed by atoms with Gasteiger partial charge < -0.3 is 20.7 Å². The molecular weight excluding hydrogens is 438 g/mol. The van der Waals surface area contributed by atoms with Gasteiger partial charge >= 0.3 is 0 Å². The number of fused-ring (bicyclic) bond motifs is 1. The molecule has 0 spiro atoms. The summed E-state index contributed by atoms with van der Waals surface area (Å²) < 4.78 is 5.55. The molecule has 0 saturated carbocycles. The minimum absolute atomic E-state index is 0.0875. The van der Waals surface area contributed by atoms with Gasteiger partial charge in [-0.05, 0) is 44.7 Å². The van der Waals surface area contributed by atoms with Crippen LogP contribution < -0.4 is 11.1 Å². The van der Waals surface area contributed by atoms with Crippen LogP contribution in [0.4, 0.5) is 5.95 Å². The van der Waals surface area contributed by atoms with Crippen LogP contribution in [0.15, 0.2) is 35.6 Å². The first-order valence-corrected chi connectivity index (χ1v) is 12.0. The summed E-state index contributed by atoms with van der Waals surface area (Å²) in [6.07, 6.45) is 5.78. The van der Waals surface area contributed by atoms with Crippen molar-refractivity contribution in [3.8, 4) is 10.6 Å². The summed E-state index contributed by atoms with van der Waals surface area (Å²) in [7, 11) is 1.66. The largest absolute Gasteiger partial charge is 0.404 e. The fraction of sp³-hybridized carbons (Fsp3) is 0.478. The maximum Gasteiger partial charge on any atom is 0.255 e. The predicted octanol–water partition coefficient (Wildman–Crippen LogP) is 2.53. The SMILES string of the molecule is CN=C(C=CN)Nc1nccc(-c2cc3c(s2)C(C)(C)N(CCN2CCCOCC2)C3=O)n1. The lowest BCUT2D eigenvalue weighted by atomic mass is 10.0. The van der Waals surface area contributed by atoms with Crippen LogP contribution in [0.5, 0.6) is 0 Å². The third kappa shape index (κ3) is 4.92. The molecule has 10 heteroatoms. The van der Waals surface area contributed by atoms with Crippen LogP contribution in [-0.4, -0.2) is 78.0 Å². The number of rotatable bonds is 6. The van der Waals surface area contributed by atoms with Crippen molar-refractivity contribution in [3.63, 3.8) is 0 Å². The van der Waals surface area contributed by atoms with Gasteiger partial charge in [-0.3, -0.25) is 14.7 Å². The molecule has 2 aliphatic rings. The molecule has 4 rings (SSSR count). The Kier molecular flexibility index (Phi) is 7.06. The van der Waals surface area contributed by atoms with Crippen molar-refractivity contribution in [2.75, 3.05) is 51.8 Å². The molecule has 0 atom stereocenters. The zero-order valence-electron chi connectivity index (χ0n) is 19.4. The smallest absolute Gasteiger partial charge is 0.255 e. The van der Waals surface area contributed by atoms with E-state index < -0.39 is 0 Å². The molecule has 0 bridgehead atoms. The fourth-order valence-corrected chi connectivity index (χ4v) is 5.46. The summed E-state index contributed by atoms with van der Waals surface area (Å²) >= 11 is 1.62. The molecule has 176 valence electrons. The molecule has 3 N–H and O–H groups in total. The van der Waals surface area contributed by atoms with Gasteiger partial charge in [0.2, 0.25) is 5.95 Å². The topological polar surface area (TPSA) is 109 Å². The zero-order valence-corrected chi connectivity index (χ0v) is 20.2. The average Bonchev–Trinajstić information content (AvgIpc) is 3.19. The van der Waals surface area contributed by atoms with Gasteiger partial charge in [-0.25, -0.2) is 9.97 Å². The number of anilines is 1. The number of carbonyl (C=O) groups is 1. The second-order valence-corrected chi connectivity index (χ2v) is 9.59. The predicted molar refractivity (Wildman–Crippen MR) is 132 cm³/mol. The summed E-state index contributed by atoms with van der Waals surface area (Å²) in [6.45, 7) is 9.34. The number of nitrogens with two attached hydrogens (primary N) is 1. The highest BCUT2D eigenvalue weighted by Crippen LogP contribution is 2.45. The quantitative estimate of drug-likeness (QED) is 0.494. The lowest BCUT2D eigenvalue weighted by Crippen LogP contribution is -2.44. The number of nitrogens with zero attached hydrogens (tertiary/aromatic N) is 5. The second kappa shape index (κ2) is 9.98. The van der Waals surface area contributed by atoms with Crippen molar-refractivity contribution in [3.05, 3.63) is 41.0 Å². The fourth-order valence-electron chi connectivity index (χ4n) is 4.23. The van der Waals surface area contributed by atoms with E-state index in [1.54, 1.807) is 30.7 Å². The minimum atomic E-state index is -0.361. The monoisotopic (exact) mass is 469 g/mol. The summed E-state index contributed by atoms with van der Waals surface area (Å²) in [4.78, 5) is 32.7. The van der Waals surface area contributed by atoms with Crippen LogP contribution in [0, 0.1) is 0 Å². The Morgan fingerprint density at radius 3 is 2.97 bits per heavy atom. The maximum atomic E-state index is 13.3. The van der Waals surface area contributed by atoms with Crippen molar-refractivity contribution in [1.29, 1.82) is 0 Å². The Labute approximate surface area is 198 Å². The van der Waals surface area contributed by atoms with E-state index in [0.717, 1.165) is 60.3 Å². The number of amides is 1. The average molecular weight is 470 g/mol. The van der Waals surface area contributed by atoms with Crippen LogP contribution in [0.3, 0.4) is 0 Å². The molecule has 0 aliphatic carbocycles. The Balaban J connectivity index is 1.51. The first-order valence-electron chi connectivity index (χ1n) is 11.2. The molecule has 2 aromatic heterocycles. The van der Waals surface area contributed by atoms with Gasteiger partial charge in [0.05, 0.1) is 28.3 Å². The van der Waals surface area contributed by atoms with Gasteiger partial charge in [0.1, 0.15) is 5.84 Å². The summed E-state index contributed by atoms with van der Waals surface area (Å²) in [6, 6.07) is 3.81. The molecule has 1 saturated heterocycles. The summed E-state index contributed by atoms with van der Waals surface area (Å²) in [5.74, 6) is 1.07. The number of thiophene rings is 1. The standard InChI is InChI=1S/C23H31N7O2S/c1-23(2)20-16(21(31)30(23)11-10-29-9-4-13-32-14-12-29)15-18(33-20)17-6-8-26-22(27-17)28-19(25-3)5-7-24/h5-8,15H,4,9-14,24H2,1-3H3,(H,25,26,27,28). The van der Waals surface area contributed by atoms with E-state index in [9.17, 15) is 4.79 Å². The van der Waals surface area contributed by atoms with Crippen molar-refractivity contribution >= 4 is 29.0 Å². The Hall–Kier alpha value is -2.82. The molecule has 2 aromatic rings. The number of amidine groups is 1. The Bertz CT molecular complexity index is 1050. The highest BCUT2D eigenvalue weighted by molar-refractivity contribution is 7.16. The molecule has 2 aliphatic heterocycles. The lowest BCUT2D eigenvalue weighted by Gasteiger charge is -2.34. The van der Waals surface area contributed by atoms with E-state index in [0.29, 0.717) is 18.3 Å². The second-order valence-electron chi connectivity index (χ2n) is 8.54. The van der Waals surface area contributed by atoms with Crippen LogP contribution in [0.25, 0.3) is 10.6 Å². The molecule has 33 heavy (non-hydrogen) atoms. The molecule has 0 aromatic carbocycles. The molecule has 0 unspecified atom stereocenters. The number of ether oxygens (including phenoxy) is 1. The van der Waals surface area contributed by atoms with Crippen molar-refractivity contribution in [2.45, 2.75) is 25.8 Å². The van der Waals surface area contributed by atoms with Crippen LogP contribution in [0.2, 0.25) is 0 Å². The van der Waals surface area contributed by atoms with Crippen molar-refractivity contribution in [1.82, 2.24) is 19.8 Å². The Morgan fingerprint density at radius 2 is 2.21 bits per heavy atom. The van der Waals surface area contributed by atoms with Gasteiger partial charge in [0, 0.05) is 50.9 Å². The number of aromatic nitrogens is 2. The summed E-state index contributed by atoms with van der Waals surface area (Å²) in [5, 5.41) is 3.05. The number of hydrogen-bond acceptors (Lipinski definition) is 8. The summed E-state index contributed by atoms with van der Waals surface area (Å²) in [5.41, 5.74) is 6.63. The molecule has 1 amide bonds. The number of nitrogens with one attached hydrogen (secondary N) is 1. The van der Waals surface area contributed by atoms with E-state index in [4.69, 9.17) is 10.5 Å². The molecule has 1 fully saturated rings. The van der Waals surface area contributed by atoms with Crippen LogP contribution in [-0.2, 0) is 10.3 Å². The maximum absolute atomic E-state index is 13.3. The molecular formula is C23H31N7O2S. The first kappa shape index (κ1) is 23.3. The van der Waals surface area contributed by atoms with Gasteiger partial charge in [0.25, 0.3) is 5.91 Å². The molecule has 9 nitrogen and oxygen atoms in total. The van der Waals surface area contributed by atoms with E-state index in [2.05, 4.69) is 39.0 Å². The molecule has 4 heterocycles. The zero-order chi connectivity index (χ0) is 23.4. The van der Waals surface area contributed by atoms with Gasteiger partial charge in [-0.15, -0.1) is 11.3 Å². The van der Waals surface area contributed by atoms with Gasteiger partial charge in [-0.2, -0.15) is 0 Å².